The van der Waals surface area contributed by atoms with Crippen LogP contribution in [-0.4, -0.2) is 22.2 Å². The molecule has 1 aliphatic carbocycles. The third kappa shape index (κ3) is 3.62. The minimum absolute atomic E-state index is 0.511. The monoisotopic (exact) mass is 283 g/mol. The van der Waals surface area contributed by atoms with Crippen molar-refractivity contribution in [3.05, 3.63) is 42.1 Å². The molecule has 1 saturated carbocycles. The molecule has 0 bridgehead atoms. The van der Waals surface area contributed by atoms with E-state index in [0.29, 0.717) is 18.5 Å². The first kappa shape index (κ1) is 13.7. The minimum atomic E-state index is 0.511. The smallest absolute Gasteiger partial charge is 0.189 e. The highest BCUT2D eigenvalue weighted by Gasteiger charge is 2.14. The number of nitrogens with two attached hydrogens (primary N) is 1. The van der Waals surface area contributed by atoms with Crippen LogP contribution in [0, 0.1) is 0 Å². The summed E-state index contributed by atoms with van der Waals surface area (Å²) in [5.74, 6) is 0.555. The molecule has 0 spiro atoms. The van der Waals surface area contributed by atoms with Crippen molar-refractivity contribution in [3.63, 3.8) is 0 Å². The van der Waals surface area contributed by atoms with Crippen molar-refractivity contribution in [2.75, 3.05) is 0 Å². The molecule has 1 aromatic carbocycles. The highest BCUT2D eigenvalue weighted by Crippen LogP contribution is 2.18. The van der Waals surface area contributed by atoms with Crippen LogP contribution >= 0.6 is 0 Å². The molecule has 1 aliphatic rings. The first-order chi connectivity index (χ1) is 10.3. The Kier molecular flexibility index (Phi) is 4.19. The quantitative estimate of drug-likeness (QED) is 0.595. The first-order valence-electron chi connectivity index (χ1n) is 7.46. The molecule has 0 unspecified atom stereocenters. The molecule has 2 aromatic rings. The number of aromatic nitrogens is 2. The number of nitrogens with one attached hydrogen (secondary N) is 2. The van der Waals surface area contributed by atoms with Gasteiger partial charge in [-0.25, -0.2) is 4.99 Å². The lowest BCUT2D eigenvalue weighted by Crippen LogP contribution is -2.38. The molecule has 21 heavy (non-hydrogen) atoms. The molecule has 3 rings (SSSR count). The highest BCUT2D eigenvalue weighted by molar-refractivity contribution is 5.78. The van der Waals surface area contributed by atoms with E-state index in [4.69, 9.17) is 5.73 Å². The van der Waals surface area contributed by atoms with Crippen molar-refractivity contribution >= 4 is 5.96 Å². The van der Waals surface area contributed by atoms with E-state index in [9.17, 15) is 0 Å². The number of aliphatic imine (C=N–C) groups is 1. The first-order valence-corrected chi connectivity index (χ1v) is 7.46. The molecule has 5 heteroatoms. The fraction of sp³-hybridized carbons (Fsp3) is 0.375. The zero-order valence-corrected chi connectivity index (χ0v) is 12.0. The molecule has 0 amide bonds. The second-order valence-corrected chi connectivity index (χ2v) is 5.49. The molecule has 1 fully saturated rings. The number of benzene rings is 1. The molecule has 4 N–H and O–H groups in total. The topological polar surface area (TPSA) is 79.1 Å². The van der Waals surface area contributed by atoms with Gasteiger partial charge >= 0.3 is 0 Å². The SMILES string of the molecule is NC(=NCc1ccc(-c2ccn[nH]2)cc1)NC1CCCC1. The summed E-state index contributed by atoms with van der Waals surface area (Å²) in [5, 5.41) is 10.2. The fourth-order valence-electron chi connectivity index (χ4n) is 2.71. The number of hydrogen-bond acceptors (Lipinski definition) is 2. The molecule has 5 nitrogen and oxygen atoms in total. The Labute approximate surface area is 124 Å². The predicted octanol–water partition coefficient (Wildman–Crippen LogP) is 2.42. The van der Waals surface area contributed by atoms with Crippen molar-refractivity contribution in [3.8, 4) is 11.3 Å². The molecular weight excluding hydrogens is 262 g/mol. The van der Waals surface area contributed by atoms with Gasteiger partial charge in [-0.3, -0.25) is 5.10 Å². The van der Waals surface area contributed by atoms with Gasteiger partial charge in [0.1, 0.15) is 0 Å². The zero-order chi connectivity index (χ0) is 14.5. The summed E-state index contributed by atoms with van der Waals surface area (Å²) >= 11 is 0. The van der Waals surface area contributed by atoms with Gasteiger partial charge in [0.15, 0.2) is 5.96 Å². The standard InChI is InChI=1S/C16H21N5/c17-16(20-14-3-1-2-4-14)18-11-12-5-7-13(8-6-12)15-9-10-19-21-15/h5-10,14H,1-4,11H2,(H,19,21)(H3,17,18,20). The second-order valence-electron chi connectivity index (χ2n) is 5.49. The maximum atomic E-state index is 5.93. The van der Waals surface area contributed by atoms with Gasteiger partial charge < -0.3 is 11.1 Å². The van der Waals surface area contributed by atoms with Gasteiger partial charge in [-0.15, -0.1) is 0 Å². The van der Waals surface area contributed by atoms with E-state index < -0.39 is 0 Å². The van der Waals surface area contributed by atoms with E-state index >= 15 is 0 Å². The normalized spacial score (nSPS) is 16.3. The molecule has 0 atom stereocenters. The maximum Gasteiger partial charge on any atom is 0.189 e. The second kappa shape index (κ2) is 6.43. The van der Waals surface area contributed by atoms with Gasteiger partial charge in [0.05, 0.1) is 12.2 Å². The summed E-state index contributed by atoms with van der Waals surface area (Å²) in [6.45, 7) is 0.606. The Morgan fingerprint density at radius 2 is 2.00 bits per heavy atom. The number of rotatable bonds is 4. The number of H-pyrrole nitrogens is 1. The van der Waals surface area contributed by atoms with Crippen molar-refractivity contribution in [2.45, 2.75) is 38.3 Å². The zero-order valence-electron chi connectivity index (χ0n) is 12.0. The minimum Gasteiger partial charge on any atom is -0.370 e. The van der Waals surface area contributed by atoms with Crippen molar-refractivity contribution in [1.29, 1.82) is 0 Å². The van der Waals surface area contributed by atoms with E-state index in [1.165, 1.54) is 25.7 Å². The number of nitrogens with zero attached hydrogens (tertiary/aromatic N) is 2. The summed E-state index contributed by atoms with van der Waals surface area (Å²) < 4.78 is 0. The maximum absolute atomic E-state index is 5.93. The van der Waals surface area contributed by atoms with E-state index in [1.54, 1.807) is 6.20 Å². The van der Waals surface area contributed by atoms with Crippen LogP contribution in [0.1, 0.15) is 31.2 Å². The largest absolute Gasteiger partial charge is 0.370 e. The fourth-order valence-corrected chi connectivity index (χ4v) is 2.71. The number of aromatic amines is 1. The van der Waals surface area contributed by atoms with Crippen LogP contribution in [-0.2, 0) is 6.54 Å². The van der Waals surface area contributed by atoms with Gasteiger partial charge in [-0.1, -0.05) is 37.1 Å². The van der Waals surface area contributed by atoms with Crippen LogP contribution in [0.5, 0.6) is 0 Å². The lowest BCUT2D eigenvalue weighted by Gasteiger charge is -2.12. The Hall–Kier alpha value is -2.30. The Bertz CT molecular complexity index is 580. The van der Waals surface area contributed by atoms with Gasteiger partial charge in [-0.05, 0) is 30.0 Å². The Morgan fingerprint density at radius 3 is 2.67 bits per heavy atom. The van der Waals surface area contributed by atoms with E-state index in [1.807, 2.05) is 6.07 Å². The molecule has 0 saturated heterocycles. The van der Waals surface area contributed by atoms with E-state index in [-0.39, 0.29) is 0 Å². The van der Waals surface area contributed by atoms with Crippen molar-refractivity contribution in [2.24, 2.45) is 10.7 Å². The summed E-state index contributed by atoms with van der Waals surface area (Å²) in [6, 6.07) is 10.7. The van der Waals surface area contributed by atoms with Crippen LogP contribution in [0.25, 0.3) is 11.3 Å². The van der Waals surface area contributed by atoms with Gasteiger partial charge in [-0.2, -0.15) is 5.10 Å². The van der Waals surface area contributed by atoms with E-state index in [2.05, 4.69) is 44.8 Å². The van der Waals surface area contributed by atoms with Gasteiger partial charge in [0.25, 0.3) is 0 Å². The lowest BCUT2D eigenvalue weighted by atomic mass is 10.1. The molecule has 0 aliphatic heterocycles. The molecule has 110 valence electrons. The number of guanidine groups is 1. The van der Waals surface area contributed by atoms with Crippen LogP contribution in [0.3, 0.4) is 0 Å². The molecular formula is C16H21N5. The molecule has 1 aromatic heterocycles. The summed E-state index contributed by atoms with van der Waals surface area (Å²) in [6.07, 6.45) is 6.74. The van der Waals surface area contributed by atoms with Crippen molar-refractivity contribution in [1.82, 2.24) is 15.5 Å². The summed E-state index contributed by atoms with van der Waals surface area (Å²) in [7, 11) is 0. The molecule has 1 heterocycles. The van der Waals surface area contributed by atoms with Crippen LogP contribution < -0.4 is 11.1 Å². The van der Waals surface area contributed by atoms with Crippen LogP contribution in [0.4, 0.5) is 0 Å². The number of hydrogen-bond donors (Lipinski definition) is 3. The van der Waals surface area contributed by atoms with Crippen molar-refractivity contribution < 1.29 is 0 Å². The van der Waals surface area contributed by atoms with Gasteiger partial charge in [0, 0.05) is 12.2 Å². The van der Waals surface area contributed by atoms with Crippen LogP contribution in [0.15, 0.2) is 41.5 Å². The molecule has 0 radical (unpaired) electrons. The summed E-state index contributed by atoms with van der Waals surface area (Å²) in [5.41, 5.74) is 9.22. The predicted molar refractivity (Wildman–Crippen MR) is 84.7 cm³/mol. The Balaban J connectivity index is 1.57. The van der Waals surface area contributed by atoms with Gasteiger partial charge in [0.2, 0.25) is 0 Å². The Morgan fingerprint density at radius 1 is 1.24 bits per heavy atom. The lowest BCUT2D eigenvalue weighted by molar-refractivity contribution is 0.625. The average molecular weight is 283 g/mol. The highest BCUT2D eigenvalue weighted by atomic mass is 15.1. The third-order valence-electron chi connectivity index (χ3n) is 3.90. The van der Waals surface area contributed by atoms with Crippen LogP contribution in [0.2, 0.25) is 0 Å². The average Bonchev–Trinajstić information content (AvgIpc) is 3.19. The summed E-state index contributed by atoms with van der Waals surface area (Å²) in [4.78, 5) is 4.41. The third-order valence-corrected chi connectivity index (χ3v) is 3.90. The van der Waals surface area contributed by atoms with E-state index in [0.717, 1.165) is 16.8 Å².